The Morgan fingerprint density at radius 1 is 1.14 bits per heavy atom. The highest BCUT2D eigenvalue weighted by Crippen LogP contribution is 2.22. The largest absolute Gasteiger partial charge is 0.367 e. The molecule has 0 atom stereocenters. The topological polar surface area (TPSA) is 82.2 Å². The Morgan fingerprint density at radius 3 is 2.62 bits per heavy atom. The van der Waals surface area contributed by atoms with Gasteiger partial charge in [0.2, 0.25) is 0 Å². The van der Waals surface area contributed by atoms with E-state index in [4.69, 9.17) is 23.2 Å². The Labute approximate surface area is 181 Å². The second-order valence-electron chi connectivity index (χ2n) is 7.21. The molecule has 3 heterocycles. The Bertz CT molecular complexity index is 809. The monoisotopic (exact) mass is 436 g/mol. The highest BCUT2D eigenvalue weighted by atomic mass is 35.5. The van der Waals surface area contributed by atoms with Gasteiger partial charge in [-0.2, -0.15) is 0 Å². The molecule has 1 aliphatic heterocycles. The van der Waals surface area contributed by atoms with Gasteiger partial charge in [-0.05, 0) is 36.5 Å². The van der Waals surface area contributed by atoms with Crippen molar-refractivity contribution in [3.8, 4) is 0 Å². The van der Waals surface area contributed by atoms with Crippen LogP contribution in [0.2, 0.25) is 10.0 Å². The van der Waals surface area contributed by atoms with Crippen LogP contribution in [0.15, 0.2) is 30.6 Å². The first-order valence-corrected chi connectivity index (χ1v) is 10.5. The molecule has 2 aromatic heterocycles. The molecule has 1 aliphatic rings. The van der Waals surface area contributed by atoms with Gasteiger partial charge in [0.15, 0.2) is 0 Å². The maximum absolute atomic E-state index is 11.9. The maximum atomic E-state index is 11.9. The molecule has 0 aromatic carbocycles. The van der Waals surface area contributed by atoms with E-state index in [0.29, 0.717) is 35.5 Å². The first kappa shape index (κ1) is 21.5. The Balaban J connectivity index is 1.35. The zero-order valence-corrected chi connectivity index (χ0v) is 17.9. The third-order valence-electron chi connectivity index (χ3n) is 4.88. The summed E-state index contributed by atoms with van der Waals surface area (Å²) in [6.07, 6.45) is 5.75. The molecule has 3 rings (SSSR count). The van der Waals surface area contributed by atoms with Crippen molar-refractivity contribution in [2.45, 2.75) is 26.3 Å². The number of hydrogen-bond acceptors (Lipinski definition) is 5. The number of rotatable bonds is 7. The van der Waals surface area contributed by atoms with Gasteiger partial charge in [0.05, 0.1) is 10.0 Å². The van der Waals surface area contributed by atoms with Gasteiger partial charge in [0.25, 0.3) is 0 Å². The molecule has 29 heavy (non-hydrogen) atoms. The van der Waals surface area contributed by atoms with Gasteiger partial charge in [-0.15, -0.1) is 0 Å². The van der Waals surface area contributed by atoms with Crippen molar-refractivity contribution in [1.29, 1.82) is 0 Å². The summed E-state index contributed by atoms with van der Waals surface area (Å²) in [6, 6.07) is 5.41. The molecule has 1 saturated heterocycles. The van der Waals surface area contributed by atoms with Crippen molar-refractivity contribution >= 4 is 40.9 Å². The highest BCUT2D eigenvalue weighted by Gasteiger charge is 2.16. The van der Waals surface area contributed by atoms with Crippen molar-refractivity contribution in [2.24, 2.45) is 5.92 Å². The standard InChI is InChI=1S/C20H26Cl2N6O/c1-14-4-8-28(9-5-14)18-3-2-15(11-25-18)12-27-20(29)24-7-6-23-19-17(22)10-16(21)13-26-19/h2-3,10-11,13-14H,4-9,12H2,1H3,(H,23,26)(H2,24,27,29). The van der Waals surface area contributed by atoms with Gasteiger partial charge < -0.3 is 20.9 Å². The minimum absolute atomic E-state index is 0.240. The minimum Gasteiger partial charge on any atom is -0.367 e. The fraction of sp³-hybridized carbons (Fsp3) is 0.450. The van der Waals surface area contributed by atoms with Crippen molar-refractivity contribution < 1.29 is 4.79 Å². The van der Waals surface area contributed by atoms with E-state index in [9.17, 15) is 4.79 Å². The van der Waals surface area contributed by atoms with Gasteiger partial charge in [0.1, 0.15) is 11.6 Å². The molecule has 9 heteroatoms. The van der Waals surface area contributed by atoms with Crippen LogP contribution in [0.5, 0.6) is 0 Å². The highest BCUT2D eigenvalue weighted by molar-refractivity contribution is 6.35. The Morgan fingerprint density at radius 2 is 1.93 bits per heavy atom. The number of carbonyl (C=O) groups excluding carboxylic acids is 1. The lowest BCUT2D eigenvalue weighted by molar-refractivity contribution is 0.241. The van der Waals surface area contributed by atoms with Crippen LogP contribution in [0, 0.1) is 5.92 Å². The van der Waals surface area contributed by atoms with Crippen LogP contribution in [0.3, 0.4) is 0 Å². The number of nitrogens with zero attached hydrogens (tertiary/aromatic N) is 3. The molecule has 0 radical (unpaired) electrons. The van der Waals surface area contributed by atoms with E-state index in [1.54, 1.807) is 6.07 Å². The van der Waals surface area contributed by atoms with Crippen LogP contribution in [0.4, 0.5) is 16.4 Å². The molecule has 0 saturated carbocycles. The van der Waals surface area contributed by atoms with Crippen molar-refractivity contribution in [3.05, 3.63) is 46.2 Å². The van der Waals surface area contributed by atoms with E-state index >= 15 is 0 Å². The molecule has 3 N–H and O–H groups in total. The molecule has 156 valence electrons. The minimum atomic E-state index is -0.240. The predicted octanol–water partition coefficient (Wildman–Crippen LogP) is 3.93. The number of halogens is 2. The van der Waals surface area contributed by atoms with Gasteiger partial charge in [-0.3, -0.25) is 0 Å². The summed E-state index contributed by atoms with van der Waals surface area (Å²) < 4.78 is 0. The normalized spacial score (nSPS) is 14.5. The van der Waals surface area contributed by atoms with Gasteiger partial charge >= 0.3 is 6.03 Å². The van der Waals surface area contributed by atoms with Crippen LogP contribution in [-0.2, 0) is 6.54 Å². The molecule has 2 amide bonds. The van der Waals surface area contributed by atoms with E-state index in [0.717, 1.165) is 30.4 Å². The molecular formula is C20H26Cl2N6O. The van der Waals surface area contributed by atoms with E-state index in [1.807, 2.05) is 18.3 Å². The first-order valence-electron chi connectivity index (χ1n) is 9.78. The van der Waals surface area contributed by atoms with Crippen molar-refractivity contribution in [1.82, 2.24) is 20.6 Å². The van der Waals surface area contributed by atoms with Gasteiger partial charge in [0, 0.05) is 45.1 Å². The molecule has 0 bridgehead atoms. The van der Waals surface area contributed by atoms with Crippen LogP contribution in [-0.4, -0.2) is 42.2 Å². The molecule has 2 aromatic rings. The molecular weight excluding hydrogens is 411 g/mol. The Kier molecular flexibility index (Phi) is 7.77. The van der Waals surface area contributed by atoms with Crippen LogP contribution in [0.1, 0.15) is 25.3 Å². The molecule has 0 unspecified atom stereocenters. The molecule has 1 fully saturated rings. The second-order valence-corrected chi connectivity index (χ2v) is 8.06. The smallest absolute Gasteiger partial charge is 0.315 e. The first-order chi connectivity index (χ1) is 14.0. The number of carbonyl (C=O) groups is 1. The van der Waals surface area contributed by atoms with E-state index in [-0.39, 0.29) is 6.03 Å². The summed E-state index contributed by atoms with van der Waals surface area (Å²) in [6.45, 7) is 5.75. The summed E-state index contributed by atoms with van der Waals surface area (Å²) in [7, 11) is 0. The zero-order valence-electron chi connectivity index (χ0n) is 16.4. The van der Waals surface area contributed by atoms with Gasteiger partial charge in [-0.1, -0.05) is 36.2 Å². The van der Waals surface area contributed by atoms with Crippen LogP contribution in [0.25, 0.3) is 0 Å². The van der Waals surface area contributed by atoms with Crippen LogP contribution >= 0.6 is 23.2 Å². The molecule has 0 spiro atoms. The lowest BCUT2D eigenvalue weighted by atomic mass is 9.99. The summed E-state index contributed by atoms with van der Waals surface area (Å²) in [5.41, 5.74) is 0.963. The average molecular weight is 437 g/mol. The summed E-state index contributed by atoms with van der Waals surface area (Å²) in [4.78, 5) is 22.9. The van der Waals surface area contributed by atoms with Crippen molar-refractivity contribution in [3.63, 3.8) is 0 Å². The third-order valence-corrected chi connectivity index (χ3v) is 5.38. The summed E-state index contributed by atoms with van der Waals surface area (Å²) >= 11 is 11.8. The van der Waals surface area contributed by atoms with Crippen LogP contribution < -0.4 is 20.9 Å². The van der Waals surface area contributed by atoms with E-state index in [1.165, 1.54) is 19.0 Å². The average Bonchev–Trinajstić information content (AvgIpc) is 2.72. The number of nitrogens with one attached hydrogen (secondary N) is 3. The lowest BCUT2D eigenvalue weighted by Crippen LogP contribution is -2.37. The van der Waals surface area contributed by atoms with E-state index in [2.05, 4.69) is 37.7 Å². The van der Waals surface area contributed by atoms with E-state index < -0.39 is 0 Å². The van der Waals surface area contributed by atoms with Gasteiger partial charge in [-0.25, -0.2) is 14.8 Å². The predicted molar refractivity (Wildman–Crippen MR) is 118 cm³/mol. The number of hydrogen-bond donors (Lipinski definition) is 3. The Hall–Kier alpha value is -2.25. The number of piperidine rings is 1. The number of aromatic nitrogens is 2. The zero-order chi connectivity index (χ0) is 20.6. The van der Waals surface area contributed by atoms with Crippen molar-refractivity contribution in [2.75, 3.05) is 36.4 Å². The summed E-state index contributed by atoms with van der Waals surface area (Å²) in [5, 5.41) is 9.58. The lowest BCUT2D eigenvalue weighted by Gasteiger charge is -2.31. The molecule has 0 aliphatic carbocycles. The summed E-state index contributed by atoms with van der Waals surface area (Å²) in [5.74, 6) is 2.33. The quantitative estimate of drug-likeness (QED) is 0.572. The maximum Gasteiger partial charge on any atom is 0.315 e. The SMILES string of the molecule is CC1CCN(c2ccc(CNC(=O)NCCNc3ncc(Cl)cc3Cl)cn2)CC1. The second kappa shape index (κ2) is 10.5. The molecule has 7 nitrogen and oxygen atoms in total. The number of urea groups is 1. The fourth-order valence-corrected chi connectivity index (χ4v) is 3.54. The number of amides is 2. The number of pyridine rings is 2. The third kappa shape index (κ3) is 6.65. The number of anilines is 2. The fourth-order valence-electron chi connectivity index (χ4n) is 3.09.